The second kappa shape index (κ2) is 6.83. The van der Waals surface area contributed by atoms with Gasteiger partial charge in [0, 0.05) is 40.6 Å². The molecule has 0 radical (unpaired) electrons. The molecule has 0 saturated carbocycles. The number of thiophene rings is 1. The molecule has 0 spiro atoms. The van der Waals surface area contributed by atoms with Gasteiger partial charge in [0.1, 0.15) is 0 Å². The molecule has 0 unspecified atom stereocenters. The molecule has 1 amide bonds. The number of ketones is 1. The number of hydrogen-bond acceptors (Lipinski definition) is 3. The molecule has 2 heterocycles. The fourth-order valence-electron chi connectivity index (χ4n) is 4.27. The summed E-state index contributed by atoms with van der Waals surface area (Å²) in [6.07, 6.45) is -3.62. The highest BCUT2D eigenvalue weighted by molar-refractivity contribution is 7.10. The second-order valence-electron chi connectivity index (χ2n) is 8.35. The van der Waals surface area contributed by atoms with Gasteiger partial charge in [0.25, 0.3) is 0 Å². The quantitative estimate of drug-likeness (QED) is 0.605. The second-order valence-corrected chi connectivity index (χ2v) is 9.33. The third-order valence-corrected chi connectivity index (χ3v) is 6.45. The highest BCUT2D eigenvalue weighted by atomic mass is 32.1. The molecule has 0 N–H and O–H groups in total. The van der Waals surface area contributed by atoms with Crippen LogP contribution in [0, 0.1) is 5.41 Å². The van der Waals surface area contributed by atoms with E-state index in [1.165, 1.54) is 28.4 Å². The van der Waals surface area contributed by atoms with E-state index in [1.54, 1.807) is 0 Å². The third kappa shape index (κ3) is 3.64. The lowest BCUT2D eigenvalue weighted by Gasteiger charge is -2.42. The molecule has 1 aliphatic heterocycles. The predicted molar refractivity (Wildman–Crippen MR) is 106 cm³/mol. The molecule has 29 heavy (non-hydrogen) atoms. The summed E-state index contributed by atoms with van der Waals surface area (Å²) in [4.78, 5) is 28.5. The number of Topliss-reactive ketones (excluding diaryl/α,β-unsaturated/α-hetero) is 1. The number of nitrogens with zero attached hydrogens (tertiary/aromatic N) is 1. The van der Waals surface area contributed by atoms with E-state index >= 15 is 0 Å². The summed E-state index contributed by atoms with van der Waals surface area (Å²) in [6.45, 7) is 3.89. The first-order valence-corrected chi connectivity index (χ1v) is 10.2. The zero-order valence-electron chi connectivity index (χ0n) is 16.0. The van der Waals surface area contributed by atoms with E-state index in [1.807, 2.05) is 31.4 Å². The minimum absolute atomic E-state index is 0.0286. The van der Waals surface area contributed by atoms with Crippen LogP contribution in [0.5, 0.6) is 0 Å². The lowest BCUT2D eigenvalue weighted by molar-refractivity contribution is -0.137. The maximum Gasteiger partial charge on any atom is 0.416 e. The van der Waals surface area contributed by atoms with Crippen molar-refractivity contribution >= 4 is 28.7 Å². The molecule has 2 aliphatic rings. The number of carbonyl (C=O) groups is 2. The molecule has 0 bridgehead atoms. The molecule has 2 aromatic rings. The molecule has 4 rings (SSSR count). The highest BCUT2D eigenvalue weighted by Gasteiger charge is 2.45. The van der Waals surface area contributed by atoms with Crippen molar-refractivity contribution in [3.8, 4) is 0 Å². The van der Waals surface area contributed by atoms with E-state index < -0.39 is 11.7 Å². The van der Waals surface area contributed by atoms with Gasteiger partial charge in [0.15, 0.2) is 5.78 Å². The van der Waals surface area contributed by atoms with Crippen molar-refractivity contribution in [2.24, 2.45) is 5.41 Å². The molecule has 7 heteroatoms. The Morgan fingerprint density at radius 3 is 2.52 bits per heavy atom. The molecule has 1 aromatic carbocycles. The molecule has 1 aliphatic carbocycles. The molecule has 0 saturated heterocycles. The lowest BCUT2D eigenvalue weighted by Crippen LogP contribution is -2.43. The van der Waals surface area contributed by atoms with E-state index in [4.69, 9.17) is 0 Å². The largest absolute Gasteiger partial charge is 0.416 e. The Balaban J connectivity index is 1.89. The van der Waals surface area contributed by atoms with Gasteiger partial charge in [-0.15, -0.1) is 11.3 Å². The summed E-state index contributed by atoms with van der Waals surface area (Å²) in [5.41, 5.74) is 0.0937. The van der Waals surface area contributed by atoms with Crippen LogP contribution in [-0.4, -0.2) is 11.7 Å². The normalized spacial score (nSPS) is 22.1. The average Bonchev–Trinajstić information content (AvgIpc) is 3.13. The lowest BCUT2D eigenvalue weighted by atomic mass is 9.70. The Morgan fingerprint density at radius 2 is 1.86 bits per heavy atom. The molecule has 152 valence electrons. The van der Waals surface area contributed by atoms with Crippen molar-refractivity contribution in [2.45, 2.75) is 45.2 Å². The van der Waals surface area contributed by atoms with Crippen LogP contribution in [0.2, 0.25) is 0 Å². The van der Waals surface area contributed by atoms with Crippen LogP contribution in [0.15, 0.2) is 53.0 Å². The topological polar surface area (TPSA) is 37.4 Å². The summed E-state index contributed by atoms with van der Waals surface area (Å²) in [7, 11) is 0. The smallest absolute Gasteiger partial charge is 0.294 e. The maximum absolute atomic E-state index is 13.2. The predicted octanol–water partition coefficient (Wildman–Crippen LogP) is 5.93. The van der Waals surface area contributed by atoms with Crippen molar-refractivity contribution in [3.05, 3.63) is 63.5 Å². The fraction of sp³-hybridized carbons (Fsp3) is 0.364. The summed E-state index contributed by atoms with van der Waals surface area (Å²) >= 11 is 1.49. The number of halogens is 3. The number of allylic oxidation sites excluding steroid dienone is 2. The van der Waals surface area contributed by atoms with Crippen LogP contribution in [-0.2, 0) is 15.8 Å². The number of amides is 1. The van der Waals surface area contributed by atoms with Gasteiger partial charge in [-0.2, -0.15) is 13.2 Å². The van der Waals surface area contributed by atoms with Crippen LogP contribution in [0.4, 0.5) is 18.9 Å². The Hall–Kier alpha value is -2.41. The van der Waals surface area contributed by atoms with Gasteiger partial charge in [-0.25, -0.2) is 0 Å². The van der Waals surface area contributed by atoms with Crippen molar-refractivity contribution in [1.82, 2.24) is 0 Å². The molecular weight excluding hydrogens is 399 g/mol. The fourth-order valence-corrected chi connectivity index (χ4v) is 5.11. The number of carbonyl (C=O) groups excluding carboxylic acids is 2. The number of anilines is 1. The molecular formula is C22H20F3NO2S. The van der Waals surface area contributed by atoms with E-state index in [0.717, 1.165) is 17.0 Å². The summed E-state index contributed by atoms with van der Waals surface area (Å²) < 4.78 is 39.7. The number of hydrogen-bond donors (Lipinski definition) is 0. The van der Waals surface area contributed by atoms with Gasteiger partial charge in [-0.05, 0) is 41.5 Å². The highest BCUT2D eigenvalue weighted by Crippen LogP contribution is 2.49. The Labute approximate surface area is 170 Å². The summed E-state index contributed by atoms with van der Waals surface area (Å²) in [6, 6.07) is 8.54. The van der Waals surface area contributed by atoms with E-state index in [0.29, 0.717) is 24.1 Å². The Morgan fingerprint density at radius 1 is 1.10 bits per heavy atom. The van der Waals surface area contributed by atoms with Crippen LogP contribution in [0.25, 0.3) is 0 Å². The molecule has 3 nitrogen and oxygen atoms in total. The van der Waals surface area contributed by atoms with Gasteiger partial charge < -0.3 is 0 Å². The average molecular weight is 419 g/mol. The van der Waals surface area contributed by atoms with Gasteiger partial charge in [0.05, 0.1) is 5.56 Å². The summed E-state index contributed by atoms with van der Waals surface area (Å²) in [5, 5.41) is 1.90. The van der Waals surface area contributed by atoms with Crippen molar-refractivity contribution in [2.75, 3.05) is 4.90 Å². The van der Waals surface area contributed by atoms with Crippen LogP contribution in [0.1, 0.15) is 49.5 Å². The van der Waals surface area contributed by atoms with Gasteiger partial charge in [-0.3, -0.25) is 14.5 Å². The summed E-state index contributed by atoms with van der Waals surface area (Å²) in [5.74, 6) is -0.644. The minimum atomic E-state index is -4.51. The maximum atomic E-state index is 13.2. The monoisotopic (exact) mass is 419 g/mol. The molecule has 1 aromatic heterocycles. The first-order chi connectivity index (χ1) is 13.6. The SMILES string of the molecule is CC1(C)CC(=O)C2=C(C1)N(c1cccc(C(F)(F)F)c1)C(=O)C[C@H]2c1cccs1. The standard InChI is InChI=1S/C22H20F3NO2S/c1-21(2)11-16-20(17(27)12-21)15(18-7-4-8-29-18)10-19(28)26(16)14-6-3-5-13(9-14)22(23,24)25/h3-9,15H,10-12H2,1-2H3/t15-/m0/s1. The van der Waals surface area contributed by atoms with Crippen molar-refractivity contribution < 1.29 is 22.8 Å². The van der Waals surface area contributed by atoms with Crippen LogP contribution >= 0.6 is 11.3 Å². The minimum Gasteiger partial charge on any atom is -0.294 e. The van der Waals surface area contributed by atoms with Crippen LogP contribution in [0.3, 0.4) is 0 Å². The van der Waals surface area contributed by atoms with E-state index in [2.05, 4.69) is 0 Å². The number of benzene rings is 1. The Kier molecular flexibility index (Phi) is 4.69. The van der Waals surface area contributed by atoms with Gasteiger partial charge >= 0.3 is 6.18 Å². The number of alkyl halides is 3. The van der Waals surface area contributed by atoms with E-state index in [9.17, 15) is 22.8 Å². The zero-order chi connectivity index (χ0) is 21.0. The van der Waals surface area contributed by atoms with Gasteiger partial charge in [0.2, 0.25) is 5.91 Å². The molecule has 0 fully saturated rings. The van der Waals surface area contributed by atoms with E-state index in [-0.39, 0.29) is 35.1 Å². The van der Waals surface area contributed by atoms with Crippen molar-refractivity contribution in [1.29, 1.82) is 0 Å². The van der Waals surface area contributed by atoms with Crippen LogP contribution < -0.4 is 4.90 Å². The number of rotatable bonds is 2. The molecule has 1 atom stereocenters. The Bertz CT molecular complexity index is 1010. The van der Waals surface area contributed by atoms with Crippen molar-refractivity contribution in [3.63, 3.8) is 0 Å². The third-order valence-electron chi connectivity index (χ3n) is 5.46. The first kappa shape index (κ1) is 19.9. The van der Waals surface area contributed by atoms with Gasteiger partial charge in [-0.1, -0.05) is 26.0 Å². The zero-order valence-corrected chi connectivity index (χ0v) is 16.9. The first-order valence-electron chi connectivity index (χ1n) is 9.37.